The van der Waals surface area contributed by atoms with Gasteiger partial charge >= 0.3 is 0 Å². The van der Waals surface area contributed by atoms with Crippen molar-refractivity contribution >= 4 is 40.9 Å². The molecule has 1 aliphatic heterocycles. The monoisotopic (exact) mass is 425 g/mol. The standard InChI is InChI=1S/C23H27N3O3S/c1-3-21(27)25-18-10-8-17(9-11-18)16(2)24-22(28)12-13-23(29)26-14-15-30-20-7-5-4-6-19(20)26/h4-11,16H,3,12-15H2,1-2H3,(H,24,28)(H,25,27). The zero-order valence-corrected chi connectivity index (χ0v) is 18.1. The van der Waals surface area contributed by atoms with E-state index < -0.39 is 0 Å². The fraction of sp³-hybridized carbons (Fsp3) is 0.348. The fourth-order valence-corrected chi connectivity index (χ4v) is 4.28. The van der Waals surface area contributed by atoms with E-state index in [9.17, 15) is 14.4 Å². The van der Waals surface area contributed by atoms with E-state index in [2.05, 4.69) is 10.6 Å². The summed E-state index contributed by atoms with van der Waals surface area (Å²) in [5.41, 5.74) is 2.60. The van der Waals surface area contributed by atoms with Crippen molar-refractivity contribution in [1.82, 2.24) is 5.32 Å². The van der Waals surface area contributed by atoms with Crippen LogP contribution < -0.4 is 15.5 Å². The van der Waals surface area contributed by atoms with Gasteiger partial charge in [0.05, 0.1) is 11.7 Å². The number of fused-ring (bicyclic) bond motifs is 1. The number of thioether (sulfide) groups is 1. The summed E-state index contributed by atoms with van der Waals surface area (Å²) in [6.07, 6.45) is 0.758. The van der Waals surface area contributed by atoms with Gasteiger partial charge in [0.2, 0.25) is 17.7 Å². The highest BCUT2D eigenvalue weighted by molar-refractivity contribution is 7.99. The second-order valence-corrected chi connectivity index (χ2v) is 8.31. The van der Waals surface area contributed by atoms with Crippen LogP contribution in [-0.4, -0.2) is 30.0 Å². The van der Waals surface area contributed by atoms with E-state index in [-0.39, 0.29) is 36.6 Å². The molecule has 3 amide bonds. The molecule has 2 N–H and O–H groups in total. The van der Waals surface area contributed by atoms with Crippen LogP contribution in [0.15, 0.2) is 53.4 Å². The average Bonchev–Trinajstić information content (AvgIpc) is 2.77. The summed E-state index contributed by atoms with van der Waals surface area (Å²) >= 11 is 1.75. The number of carbonyl (C=O) groups is 3. The minimum atomic E-state index is -0.185. The lowest BCUT2D eigenvalue weighted by molar-refractivity contribution is -0.125. The van der Waals surface area contributed by atoms with Crippen LogP contribution in [0, 0.1) is 0 Å². The van der Waals surface area contributed by atoms with Crippen molar-refractivity contribution < 1.29 is 14.4 Å². The molecule has 158 valence electrons. The minimum Gasteiger partial charge on any atom is -0.350 e. The first-order valence-electron chi connectivity index (χ1n) is 10.2. The lowest BCUT2D eigenvalue weighted by atomic mass is 10.1. The number of para-hydroxylation sites is 1. The maximum Gasteiger partial charge on any atom is 0.227 e. The molecule has 7 heteroatoms. The lowest BCUT2D eigenvalue weighted by Gasteiger charge is -2.29. The Bertz CT molecular complexity index is 914. The number of benzene rings is 2. The van der Waals surface area contributed by atoms with Crippen molar-refractivity contribution in [1.29, 1.82) is 0 Å². The Hall–Kier alpha value is -2.80. The molecule has 0 fully saturated rings. The van der Waals surface area contributed by atoms with Crippen LogP contribution in [0.1, 0.15) is 44.7 Å². The Morgan fingerprint density at radius 2 is 1.77 bits per heavy atom. The summed E-state index contributed by atoms with van der Waals surface area (Å²) in [5.74, 6) is 0.643. The molecule has 30 heavy (non-hydrogen) atoms. The number of carbonyl (C=O) groups excluding carboxylic acids is 3. The van der Waals surface area contributed by atoms with Gasteiger partial charge in [-0.2, -0.15) is 0 Å². The summed E-state index contributed by atoms with van der Waals surface area (Å²) in [6, 6.07) is 15.1. The largest absolute Gasteiger partial charge is 0.350 e. The van der Waals surface area contributed by atoms with Gasteiger partial charge in [-0.1, -0.05) is 31.2 Å². The molecule has 2 aromatic rings. The third-order valence-electron chi connectivity index (χ3n) is 4.99. The van der Waals surface area contributed by atoms with Crippen LogP contribution in [0.25, 0.3) is 0 Å². The minimum absolute atomic E-state index is 0.0263. The van der Waals surface area contributed by atoms with Gasteiger partial charge in [-0.25, -0.2) is 0 Å². The quantitative estimate of drug-likeness (QED) is 0.699. The van der Waals surface area contributed by atoms with Gasteiger partial charge in [-0.05, 0) is 36.8 Å². The molecule has 0 radical (unpaired) electrons. The van der Waals surface area contributed by atoms with E-state index in [1.54, 1.807) is 23.6 Å². The van der Waals surface area contributed by atoms with E-state index in [0.29, 0.717) is 13.0 Å². The van der Waals surface area contributed by atoms with Crippen molar-refractivity contribution in [2.45, 2.75) is 44.0 Å². The smallest absolute Gasteiger partial charge is 0.227 e. The zero-order valence-electron chi connectivity index (χ0n) is 17.3. The molecule has 0 saturated heterocycles. The molecule has 0 saturated carbocycles. The molecule has 0 spiro atoms. The predicted octanol–water partition coefficient (Wildman–Crippen LogP) is 4.13. The van der Waals surface area contributed by atoms with E-state index in [1.165, 1.54) is 0 Å². The van der Waals surface area contributed by atoms with Crippen molar-refractivity contribution in [3.8, 4) is 0 Å². The van der Waals surface area contributed by atoms with Crippen molar-refractivity contribution in [2.24, 2.45) is 0 Å². The molecule has 0 aliphatic carbocycles. The van der Waals surface area contributed by atoms with E-state index >= 15 is 0 Å². The van der Waals surface area contributed by atoms with Crippen LogP contribution in [0.4, 0.5) is 11.4 Å². The van der Waals surface area contributed by atoms with Crippen LogP contribution >= 0.6 is 11.8 Å². The fourth-order valence-electron chi connectivity index (χ4n) is 3.29. The normalized spacial score (nSPS) is 13.9. The van der Waals surface area contributed by atoms with Gasteiger partial charge in [-0.3, -0.25) is 14.4 Å². The van der Waals surface area contributed by atoms with Crippen LogP contribution in [0.2, 0.25) is 0 Å². The topological polar surface area (TPSA) is 78.5 Å². The summed E-state index contributed by atoms with van der Waals surface area (Å²) in [6.45, 7) is 4.37. The second kappa shape index (κ2) is 10.3. The van der Waals surface area contributed by atoms with Crippen molar-refractivity contribution in [3.63, 3.8) is 0 Å². The van der Waals surface area contributed by atoms with Crippen LogP contribution in [-0.2, 0) is 14.4 Å². The Labute approximate surface area is 181 Å². The molecule has 1 heterocycles. The zero-order chi connectivity index (χ0) is 21.5. The highest BCUT2D eigenvalue weighted by atomic mass is 32.2. The number of nitrogens with one attached hydrogen (secondary N) is 2. The number of hydrogen-bond acceptors (Lipinski definition) is 4. The third kappa shape index (κ3) is 5.63. The number of nitrogens with zero attached hydrogens (tertiary/aromatic N) is 1. The summed E-state index contributed by atoms with van der Waals surface area (Å²) in [4.78, 5) is 39.4. The molecule has 6 nitrogen and oxygen atoms in total. The van der Waals surface area contributed by atoms with Gasteiger partial charge in [-0.15, -0.1) is 11.8 Å². The Kier molecular flexibility index (Phi) is 7.52. The Morgan fingerprint density at radius 3 is 2.50 bits per heavy atom. The molecule has 2 aromatic carbocycles. The first-order valence-corrected chi connectivity index (χ1v) is 11.2. The van der Waals surface area contributed by atoms with Crippen molar-refractivity contribution in [3.05, 3.63) is 54.1 Å². The van der Waals surface area contributed by atoms with Crippen LogP contribution in [0.5, 0.6) is 0 Å². The number of anilines is 2. The SMILES string of the molecule is CCC(=O)Nc1ccc(C(C)NC(=O)CCC(=O)N2CCSc3ccccc32)cc1. The van der Waals surface area contributed by atoms with Crippen LogP contribution in [0.3, 0.4) is 0 Å². The molecule has 0 aromatic heterocycles. The van der Waals surface area contributed by atoms with Gasteiger partial charge < -0.3 is 15.5 Å². The summed E-state index contributed by atoms with van der Waals surface area (Å²) in [7, 11) is 0. The van der Waals surface area contributed by atoms with Gasteiger partial charge in [0.25, 0.3) is 0 Å². The highest BCUT2D eigenvalue weighted by Gasteiger charge is 2.23. The highest BCUT2D eigenvalue weighted by Crippen LogP contribution is 2.34. The Morgan fingerprint density at radius 1 is 1.03 bits per heavy atom. The first kappa shape index (κ1) is 21.9. The molecule has 3 rings (SSSR count). The molecular weight excluding hydrogens is 398 g/mol. The van der Waals surface area contributed by atoms with Crippen molar-refractivity contribution in [2.75, 3.05) is 22.5 Å². The molecule has 1 atom stereocenters. The Balaban J connectivity index is 1.50. The van der Waals surface area contributed by atoms with Gasteiger partial charge in [0.15, 0.2) is 0 Å². The number of amides is 3. The first-order chi connectivity index (χ1) is 14.5. The molecule has 1 aliphatic rings. The molecule has 1 unspecified atom stereocenters. The maximum absolute atomic E-state index is 12.7. The van der Waals surface area contributed by atoms with Gasteiger partial charge in [0.1, 0.15) is 0 Å². The second-order valence-electron chi connectivity index (χ2n) is 7.17. The molecule has 0 bridgehead atoms. The average molecular weight is 426 g/mol. The lowest BCUT2D eigenvalue weighted by Crippen LogP contribution is -2.36. The van der Waals surface area contributed by atoms with E-state index in [4.69, 9.17) is 0 Å². The van der Waals surface area contributed by atoms with E-state index in [0.717, 1.165) is 27.6 Å². The third-order valence-corrected chi connectivity index (χ3v) is 6.03. The summed E-state index contributed by atoms with van der Waals surface area (Å²) < 4.78 is 0. The number of hydrogen-bond donors (Lipinski definition) is 2. The van der Waals surface area contributed by atoms with E-state index in [1.807, 2.05) is 55.5 Å². The number of rotatable bonds is 7. The van der Waals surface area contributed by atoms with Gasteiger partial charge in [0, 0.05) is 42.1 Å². The summed E-state index contributed by atoms with van der Waals surface area (Å²) in [5, 5.41) is 5.74. The maximum atomic E-state index is 12.7. The molecular formula is C23H27N3O3S. The predicted molar refractivity (Wildman–Crippen MR) is 121 cm³/mol.